The predicted octanol–water partition coefficient (Wildman–Crippen LogP) is 3.83. The van der Waals surface area contributed by atoms with Gasteiger partial charge in [0.05, 0.1) is 5.75 Å². The van der Waals surface area contributed by atoms with Crippen molar-refractivity contribution in [3.8, 4) is 0 Å². The molecule has 1 aromatic carbocycles. The number of piperidine rings is 1. The van der Waals surface area contributed by atoms with Crippen LogP contribution in [0.15, 0.2) is 27.8 Å². The molecule has 1 aromatic heterocycles. The lowest BCUT2D eigenvalue weighted by Crippen LogP contribution is -2.40. The van der Waals surface area contributed by atoms with Crippen LogP contribution >= 0.6 is 23.4 Å². The molecule has 3 rings (SSSR count). The second kappa shape index (κ2) is 6.28. The first-order valence-corrected chi connectivity index (χ1v) is 8.45. The lowest BCUT2D eigenvalue weighted by Gasteiger charge is -2.30. The number of rotatable bonds is 3. The second-order valence-corrected chi connectivity index (χ2v) is 6.83. The van der Waals surface area contributed by atoms with Crippen molar-refractivity contribution >= 4 is 40.4 Å². The summed E-state index contributed by atoms with van der Waals surface area (Å²) in [6.07, 6.45) is 2.31. The molecule has 1 aliphatic heterocycles. The summed E-state index contributed by atoms with van der Waals surface area (Å²) in [6.45, 7) is 3.92. The SMILES string of the molecule is C[C@H]1CCCN(C(=O)CSc2nc3cc(Cl)ccc3o2)C1. The van der Waals surface area contributed by atoms with Crippen LogP contribution in [0, 0.1) is 5.92 Å². The molecule has 0 bridgehead atoms. The summed E-state index contributed by atoms with van der Waals surface area (Å²) >= 11 is 7.26. The molecule has 112 valence electrons. The number of oxazole rings is 1. The summed E-state index contributed by atoms with van der Waals surface area (Å²) in [7, 11) is 0. The van der Waals surface area contributed by atoms with Gasteiger partial charge in [-0.05, 0) is 37.0 Å². The first-order chi connectivity index (χ1) is 10.1. The number of amides is 1. The molecule has 0 aliphatic carbocycles. The van der Waals surface area contributed by atoms with E-state index < -0.39 is 0 Å². The zero-order valence-corrected chi connectivity index (χ0v) is 13.4. The van der Waals surface area contributed by atoms with Gasteiger partial charge in [-0.25, -0.2) is 4.98 Å². The fraction of sp³-hybridized carbons (Fsp3) is 0.467. The Labute approximate surface area is 132 Å². The molecular weight excluding hydrogens is 308 g/mol. The van der Waals surface area contributed by atoms with Gasteiger partial charge in [0.15, 0.2) is 5.58 Å². The number of hydrogen-bond donors (Lipinski definition) is 0. The minimum atomic E-state index is 0.159. The van der Waals surface area contributed by atoms with Crippen LogP contribution in [-0.2, 0) is 4.79 Å². The molecule has 1 saturated heterocycles. The minimum Gasteiger partial charge on any atom is -0.431 e. The van der Waals surface area contributed by atoms with Gasteiger partial charge < -0.3 is 9.32 Å². The van der Waals surface area contributed by atoms with Crippen LogP contribution in [0.2, 0.25) is 5.02 Å². The van der Waals surface area contributed by atoms with Gasteiger partial charge in [-0.2, -0.15) is 0 Å². The van der Waals surface area contributed by atoms with Gasteiger partial charge in [-0.1, -0.05) is 30.3 Å². The summed E-state index contributed by atoms with van der Waals surface area (Å²) in [4.78, 5) is 18.5. The topological polar surface area (TPSA) is 46.3 Å². The number of thioether (sulfide) groups is 1. The van der Waals surface area contributed by atoms with Gasteiger partial charge in [0, 0.05) is 18.1 Å². The van der Waals surface area contributed by atoms with E-state index >= 15 is 0 Å². The average Bonchev–Trinajstić information content (AvgIpc) is 2.86. The maximum absolute atomic E-state index is 12.2. The third-order valence-electron chi connectivity index (χ3n) is 3.66. The highest BCUT2D eigenvalue weighted by atomic mass is 35.5. The molecule has 0 spiro atoms. The molecule has 2 heterocycles. The Morgan fingerprint density at radius 1 is 1.57 bits per heavy atom. The zero-order valence-electron chi connectivity index (χ0n) is 11.8. The number of hydrogen-bond acceptors (Lipinski definition) is 4. The number of fused-ring (bicyclic) bond motifs is 1. The van der Waals surface area contributed by atoms with Crippen LogP contribution in [0.1, 0.15) is 19.8 Å². The Kier molecular flexibility index (Phi) is 4.40. The van der Waals surface area contributed by atoms with E-state index in [4.69, 9.17) is 16.0 Å². The largest absolute Gasteiger partial charge is 0.431 e. The normalized spacial score (nSPS) is 19.1. The second-order valence-electron chi connectivity index (χ2n) is 5.47. The third kappa shape index (κ3) is 3.52. The van der Waals surface area contributed by atoms with Gasteiger partial charge >= 0.3 is 0 Å². The van der Waals surface area contributed by atoms with Crippen molar-refractivity contribution in [1.29, 1.82) is 0 Å². The van der Waals surface area contributed by atoms with Gasteiger partial charge in [0.2, 0.25) is 5.91 Å². The highest BCUT2D eigenvalue weighted by Crippen LogP contribution is 2.26. The van der Waals surface area contributed by atoms with Crippen molar-refractivity contribution in [3.63, 3.8) is 0 Å². The first kappa shape index (κ1) is 14.7. The van der Waals surface area contributed by atoms with E-state index in [1.165, 1.54) is 18.2 Å². The maximum atomic E-state index is 12.2. The number of aromatic nitrogens is 1. The summed E-state index contributed by atoms with van der Waals surface area (Å²) < 4.78 is 5.60. The van der Waals surface area contributed by atoms with Crippen molar-refractivity contribution in [2.45, 2.75) is 25.0 Å². The number of nitrogens with zero attached hydrogens (tertiary/aromatic N) is 2. The number of benzene rings is 1. The first-order valence-electron chi connectivity index (χ1n) is 7.08. The lowest BCUT2D eigenvalue weighted by atomic mass is 10.0. The van der Waals surface area contributed by atoms with E-state index in [1.54, 1.807) is 18.2 Å². The molecule has 21 heavy (non-hydrogen) atoms. The van der Waals surface area contributed by atoms with Gasteiger partial charge in [0.1, 0.15) is 5.52 Å². The zero-order chi connectivity index (χ0) is 14.8. The van der Waals surface area contributed by atoms with Crippen LogP contribution in [-0.4, -0.2) is 34.6 Å². The van der Waals surface area contributed by atoms with Gasteiger partial charge in [0.25, 0.3) is 5.22 Å². The fourth-order valence-corrected chi connectivity index (χ4v) is 3.48. The van der Waals surface area contributed by atoms with Crippen LogP contribution in [0.3, 0.4) is 0 Å². The van der Waals surface area contributed by atoms with Crippen molar-refractivity contribution in [2.75, 3.05) is 18.8 Å². The van der Waals surface area contributed by atoms with Gasteiger partial charge in [-0.15, -0.1) is 0 Å². The Balaban J connectivity index is 1.61. The molecule has 1 aliphatic rings. The van der Waals surface area contributed by atoms with E-state index in [9.17, 15) is 4.79 Å². The molecule has 1 fully saturated rings. The van der Waals surface area contributed by atoms with E-state index in [1.807, 2.05) is 4.90 Å². The van der Waals surface area contributed by atoms with Crippen molar-refractivity contribution in [1.82, 2.24) is 9.88 Å². The Morgan fingerprint density at radius 3 is 3.24 bits per heavy atom. The Morgan fingerprint density at radius 2 is 2.43 bits per heavy atom. The monoisotopic (exact) mass is 324 g/mol. The standard InChI is InChI=1S/C15H17ClN2O2S/c1-10-3-2-6-18(8-10)14(19)9-21-15-17-12-7-11(16)4-5-13(12)20-15/h4-5,7,10H,2-3,6,8-9H2,1H3/t10-/m0/s1. The molecule has 2 aromatic rings. The molecule has 0 radical (unpaired) electrons. The van der Waals surface area contributed by atoms with Crippen LogP contribution in [0.4, 0.5) is 0 Å². The molecule has 0 N–H and O–H groups in total. The molecule has 6 heteroatoms. The molecule has 0 unspecified atom stereocenters. The molecule has 4 nitrogen and oxygen atoms in total. The van der Waals surface area contributed by atoms with Crippen molar-refractivity contribution in [3.05, 3.63) is 23.2 Å². The average molecular weight is 325 g/mol. The Hall–Kier alpha value is -1.20. The van der Waals surface area contributed by atoms with E-state index in [0.717, 1.165) is 25.0 Å². The van der Waals surface area contributed by atoms with Crippen LogP contribution < -0.4 is 0 Å². The number of carbonyl (C=O) groups is 1. The number of halogens is 1. The van der Waals surface area contributed by atoms with Crippen LogP contribution in [0.25, 0.3) is 11.1 Å². The maximum Gasteiger partial charge on any atom is 0.257 e. The molecule has 1 atom stereocenters. The third-order valence-corrected chi connectivity index (χ3v) is 4.71. The molecule has 0 saturated carbocycles. The van der Waals surface area contributed by atoms with Gasteiger partial charge in [-0.3, -0.25) is 4.79 Å². The van der Waals surface area contributed by atoms with Crippen LogP contribution in [0.5, 0.6) is 0 Å². The number of likely N-dealkylation sites (tertiary alicyclic amines) is 1. The van der Waals surface area contributed by atoms with E-state index in [-0.39, 0.29) is 5.91 Å². The summed E-state index contributed by atoms with van der Waals surface area (Å²) in [5, 5.41) is 1.15. The highest BCUT2D eigenvalue weighted by molar-refractivity contribution is 7.99. The summed E-state index contributed by atoms with van der Waals surface area (Å²) in [5.41, 5.74) is 1.42. The predicted molar refractivity (Wildman–Crippen MR) is 84.7 cm³/mol. The number of carbonyl (C=O) groups excluding carboxylic acids is 1. The summed E-state index contributed by atoms with van der Waals surface area (Å²) in [6, 6.07) is 5.32. The minimum absolute atomic E-state index is 0.159. The fourth-order valence-electron chi connectivity index (χ4n) is 2.57. The molecular formula is C15H17ClN2O2S. The molecule has 1 amide bonds. The quantitative estimate of drug-likeness (QED) is 0.805. The van der Waals surface area contributed by atoms with E-state index in [2.05, 4.69) is 11.9 Å². The highest BCUT2D eigenvalue weighted by Gasteiger charge is 2.21. The van der Waals surface area contributed by atoms with E-state index in [0.29, 0.717) is 27.5 Å². The summed E-state index contributed by atoms with van der Waals surface area (Å²) in [5.74, 6) is 1.12. The van der Waals surface area contributed by atoms with Crippen molar-refractivity contribution in [2.24, 2.45) is 5.92 Å². The lowest BCUT2D eigenvalue weighted by molar-refractivity contribution is -0.130. The smallest absolute Gasteiger partial charge is 0.257 e. The van der Waals surface area contributed by atoms with Crippen molar-refractivity contribution < 1.29 is 9.21 Å². The Bertz CT molecular complexity index is 658.